The Morgan fingerprint density at radius 3 is 3.17 bits per heavy atom. The van der Waals surface area contributed by atoms with Gasteiger partial charge in [-0.3, -0.25) is 9.78 Å². The van der Waals surface area contributed by atoms with E-state index in [1.807, 2.05) is 0 Å². The Balaban J connectivity index is 1.86. The molecule has 0 saturated carbocycles. The van der Waals surface area contributed by atoms with Crippen molar-refractivity contribution in [3.05, 3.63) is 24.0 Å². The molecule has 1 unspecified atom stereocenters. The van der Waals surface area contributed by atoms with Gasteiger partial charge in [-0.15, -0.1) is 0 Å². The number of piperidine rings is 1. The number of pyridine rings is 1. The molecule has 0 spiro atoms. The summed E-state index contributed by atoms with van der Waals surface area (Å²) in [5, 5.41) is 3.37. The number of hydrogen-bond donors (Lipinski definition) is 1. The summed E-state index contributed by atoms with van der Waals surface area (Å²) in [6.45, 7) is 2.16. The van der Waals surface area contributed by atoms with Crippen LogP contribution in [0.25, 0.3) is 0 Å². The zero-order chi connectivity index (χ0) is 12.8. The molecule has 1 aliphatic rings. The van der Waals surface area contributed by atoms with Crippen molar-refractivity contribution in [3.63, 3.8) is 0 Å². The van der Waals surface area contributed by atoms with Crippen molar-refractivity contribution in [2.24, 2.45) is 5.92 Å². The van der Waals surface area contributed by atoms with E-state index in [1.54, 1.807) is 25.6 Å². The standard InChI is InChI=1S/C14H20N2O2/c1-18-13-7-12(9-16-10-13)14(17)5-4-11-3-2-6-15-8-11/h7,9-11,15H,2-6,8H2,1H3. The highest BCUT2D eigenvalue weighted by atomic mass is 16.5. The van der Waals surface area contributed by atoms with E-state index in [0.717, 1.165) is 19.5 Å². The van der Waals surface area contributed by atoms with Crippen LogP contribution in [0.2, 0.25) is 0 Å². The first-order valence-electron chi connectivity index (χ1n) is 6.52. The molecule has 2 heterocycles. The number of aromatic nitrogens is 1. The number of nitrogens with zero attached hydrogens (tertiary/aromatic N) is 1. The minimum atomic E-state index is 0.159. The molecule has 1 N–H and O–H groups in total. The van der Waals surface area contributed by atoms with Gasteiger partial charge < -0.3 is 10.1 Å². The summed E-state index contributed by atoms with van der Waals surface area (Å²) in [5.41, 5.74) is 0.651. The van der Waals surface area contributed by atoms with Gasteiger partial charge in [0.2, 0.25) is 0 Å². The third-order valence-electron chi connectivity index (χ3n) is 3.45. The van der Waals surface area contributed by atoms with Crippen LogP contribution in [0.5, 0.6) is 5.75 Å². The van der Waals surface area contributed by atoms with E-state index in [1.165, 1.54) is 12.8 Å². The first-order chi connectivity index (χ1) is 8.79. The first kappa shape index (κ1) is 13.0. The van der Waals surface area contributed by atoms with Gasteiger partial charge in [-0.2, -0.15) is 0 Å². The third kappa shape index (κ3) is 3.53. The van der Waals surface area contributed by atoms with Crippen LogP contribution in [0.1, 0.15) is 36.0 Å². The van der Waals surface area contributed by atoms with E-state index in [0.29, 0.717) is 23.7 Å². The highest BCUT2D eigenvalue weighted by Gasteiger charge is 2.15. The molecule has 1 aromatic rings. The van der Waals surface area contributed by atoms with Crippen molar-refractivity contribution in [1.29, 1.82) is 0 Å². The van der Waals surface area contributed by atoms with Gasteiger partial charge in [0.15, 0.2) is 5.78 Å². The summed E-state index contributed by atoms with van der Waals surface area (Å²) in [4.78, 5) is 16.1. The lowest BCUT2D eigenvalue weighted by atomic mass is 9.93. The molecular formula is C14H20N2O2. The molecule has 0 bridgehead atoms. The SMILES string of the molecule is COc1cncc(C(=O)CCC2CCCNC2)c1. The second kappa shape index (κ2) is 6.50. The van der Waals surface area contributed by atoms with E-state index in [-0.39, 0.29) is 5.78 Å². The number of methoxy groups -OCH3 is 1. The number of rotatable bonds is 5. The molecule has 1 saturated heterocycles. The van der Waals surface area contributed by atoms with E-state index in [9.17, 15) is 4.79 Å². The number of carbonyl (C=O) groups excluding carboxylic acids is 1. The Labute approximate surface area is 108 Å². The maximum atomic E-state index is 12.0. The molecule has 1 atom stereocenters. The van der Waals surface area contributed by atoms with E-state index in [2.05, 4.69) is 10.3 Å². The minimum Gasteiger partial charge on any atom is -0.495 e. The second-order valence-corrected chi connectivity index (χ2v) is 4.79. The fourth-order valence-electron chi connectivity index (χ4n) is 2.33. The molecule has 4 heteroatoms. The molecule has 0 radical (unpaired) electrons. The topological polar surface area (TPSA) is 51.2 Å². The number of carbonyl (C=O) groups is 1. The van der Waals surface area contributed by atoms with Crippen LogP contribution in [0.3, 0.4) is 0 Å². The van der Waals surface area contributed by atoms with Gasteiger partial charge in [-0.05, 0) is 44.3 Å². The maximum absolute atomic E-state index is 12.0. The monoisotopic (exact) mass is 248 g/mol. The molecule has 2 rings (SSSR count). The predicted octanol–water partition coefficient (Wildman–Crippen LogP) is 2.05. The Hall–Kier alpha value is -1.42. The van der Waals surface area contributed by atoms with Crippen LogP contribution in [-0.2, 0) is 0 Å². The van der Waals surface area contributed by atoms with Gasteiger partial charge >= 0.3 is 0 Å². The quantitative estimate of drug-likeness (QED) is 0.810. The van der Waals surface area contributed by atoms with E-state index >= 15 is 0 Å². The molecule has 1 fully saturated rings. The van der Waals surface area contributed by atoms with Crippen molar-refractivity contribution in [3.8, 4) is 5.75 Å². The van der Waals surface area contributed by atoms with E-state index in [4.69, 9.17) is 4.74 Å². The molecule has 0 amide bonds. The van der Waals surface area contributed by atoms with Crippen LogP contribution in [-0.4, -0.2) is 31.0 Å². The van der Waals surface area contributed by atoms with Crippen LogP contribution < -0.4 is 10.1 Å². The molecule has 4 nitrogen and oxygen atoms in total. The molecule has 1 aromatic heterocycles. The number of Topliss-reactive ketones (excluding diaryl/α,β-unsaturated/α-hetero) is 1. The van der Waals surface area contributed by atoms with Gasteiger partial charge in [0.25, 0.3) is 0 Å². The van der Waals surface area contributed by atoms with Crippen molar-refractivity contribution >= 4 is 5.78 Å². The molecule has 0 aliphatic carbocycles. The van der Waals surface area contributed by atoms with Gasteiger partial charge in [-0.25, -0.2) is 0 Å². The van der Waals surface area contributed by atoms with Crippen LogP contribution >= 0.6 is 0 Å². The predicted molar refractivity (Wildman–Crippen MR) is 69.9 cm³/mol. The average molecular weight is 248 g/mol. The lowest BCUT2D eigenvalue weighted by Crippen LogP contribution is -2.30. The smallest absolute Gasteiger partial charge is 0.164 e. The highest BCUT2D eigenvalue weighted by molar-refractivity contribution is 5.96. The summed E-state index contributed by atoms with van der Waals surface area (Å²) in [6.07, 6.45) is 7.24. The summed E-state index contributed by atoms with van der Waals surface area (Å²) < 4.78 is 5.07. The fraction of sp³-hybridized carbons (Fsp3) is 0.571. The van der Waals surface area contributed by atoms with Crippen LogP contribution in [0.4, 0.5) is 0 Å². The summed E-state index contributed by atoms with van der Waals surface area (Å²) in [7, 11) is 1.58. The average Bonchev–Trinajstić information content (AvgIpc) is 2.46. The maximum Gasteiger partial charge on any atom is 0.164 e. The normalized spacial score (nSPS) is 19.5. The number of hydrogen-bond acceptors (Lipinski definition) is 4. The zero-order valence-electron chi connectivity index (χ0n) is 10.8. The number of nitrogens with one attached hydrogen (secondary N) is 1. The summed E-state index contributed by atoms with van der Waals surface area (Å²) in [5.74, 6) is 1.44. The van der Waals surface area contributed by atoms with Crippen molar-refractivity contribution < 1.29 is 9.53 Å². The van der Waals surface area contributed by atoms with Gasteiger partial charge in [0.1, 0.15) is 5.75 Å². The fourth-order valence-corrected chi connectivity index (χ4v) is 2.33. The lowest BCUT2D eigenvalue weighted by Gasteiger charge is -2.22. The molecule has 18 heavy (non-hydrogen) atoms. The Kier molecular flexibility index (Phi) is 4.70. The van der Waals surface area contributed by atoms with Crippen molar-refractivity contribution in [2.75, 3.05) is 20.2 Å². The Bertz CT molecular complexity index is 401. The summed E-state index contributed by atoms with van der Waals surface area (Å²) >= 11 is 0. The largest absolute Gasteiger partial charge is 0.495 e. The molecule has 1 aliphatic heterocycles. The van der Waals surface area contributed by atoms with Crippen LogP contribution in [0, 0.1) is 5.92 Å². The third-order valence-corrected chi connectivity index (χ3v) is 3.45. The van der Waals surface area contributed by atoms with E-state index < -0.39 is 0 Å². The molecule has 0 aromatic carbocycles. The van der Waals surface area contributed by atoms with Gasteiger partial charge in [0.05, 0.1) is 13.3 Å². The highest BCUT2D eigenvalue weighted by Crippen LogP contribution is 2.18. The van der Waals surface area contributed by atoms with Gasteiger partial charge in [-0.1, -0.05) is 0 Å². The minimum absolute atomic E-state index is 0.159. The van der Waals surface area contributed by atoms with Crippen molar-refractivity contribution in [2.45, 2.75) is 25.7 Å². The lowest BCUT2D eigenvalue weighted by molar-refractivity contribution is 0.0970. The Morgan fingerprint density at radius 2 is 2.44 bits per heavy atom. The molecule has 98 valence electrons. The first-order valence-corrected chi connectivity index (χ1v) is 6.52. The van der Waals surface area contributed by atoms with Crippen molar-refractivity contribution in [1.82, 2.24) is 10.3 Å². The second-order valence-electron chi connectivity index (χ2n) is 4.79. The van der Waals surface area contributed by atoms with Crippen LogP contribution in [0.15, 0.2) is 18.5 Å². The summed E-state index contributed by atoms with van der Waals surface area (Å²) in [6, 6.07) is 1.76. The number of ether oxygens (including phenoxy) is 1. The number of ketones is 1. The zero-order valence-corrected chi connectivity index (χ0v) is 10.8. The van der Waals surface area contributed by atoms with Gasteiger partial charge in [0, 0.05) is 18.2 Å². The Morgan fingerprint density at radius 1 is 1.56 bits per heavy atom. The molecular weight excluding hydrogens is 228 g/mol.